The summed E-state index contributed by atoms with van der Waals surface area (Å²) in [6, 6.07) is -1.19. The van der Waals surface area contributed by atoms with E-state index in [0.29, 0.717) is 0 Å². The number of primary sulfonamides is 1. The molecule has 0 bridgehead atoms. The summed E-state index contributed by atoms with van der Waals surface area (Å²) < 4.78 is 21.4. The largest absolute Gasteiger partial charge is 0.480 e. The summed E-state index contributed by atoms with van der Waals surface area (Å²) in [5.74, 6) is -1.76. The van der Waals surface area contributed by atoms with Gasteiger partial charge >= 0.3 is 5.97 Å². The summed E-state index contributed by atoms with van der Waals surface area (Å²) in [5.41, 5.74) is 0. The number of carboxylic acids is 1. The van der Waals surface area contributed by atoms with Crippen molar-refractivity contribution in [2.75, 3.05) is 6.54 Å². The lowest BCUT2D eigenvalue weighted by Gasteiger charge is -2.33. The molecule has 1 fully saturated rings. The van der Waals surface area contributed by atoms with Gasteiger partial charge < -0.3 is 10.0 Å². The number of rotatable bonds is 4. The maximum absolute atomic E-state index is 11.7. The zero-order valence-electron chi connectivity index (χ0n) is 10.0. The second-order valence-electron chi connectivity index (χ2n) is 4.86. The van der Waals surface area contributed by atoms with E-state index in [-0.39, 0.29) is 13.0 Å². The lowest BCUT2D eigenvalue weighted by molar-refractivity contribution is -0.149. The van der Waals surface area contributed by atoms with Crippen LogP contribution in [0, 0.1) is 0 Å². The molecule has 0 aromatic carbocycles. The van der Waals surface area contributed by atoms with Crippen LogP contribution in [-0.2, 0) is 19.6 Å². The van der Waals surface area contributed by atoms with Crippen molar-refractivity contribution in [3.8, 4) is 0 Å². The van der Waals surface area contributed by atoms with E-state index in [2.05, 4.69) is 12.6 Å². The molecule has 1 aliphatic rings. The highest BCUT2D eigenvalue weighted by atomic mass is 32.2. The third-order valence-corrected chi connectivity index (χ3v) is 4.29. The van der Waals surface area contributed by atoms with Gasteiger partial charge in [0.25, 0.3) is 0 Å². The quantitative estimate of drug-likeness (QED) is 0.577. The number of hydrogen-bond acceptors (Lipinski definition) is 5. The predicted molar refractivity (Wildman–Crippen MR) is 67.7 cm³/mol. The Hall–Kier alpha value is -0.800. The Labute approximate surface area is 111 Å². The zero-order chi connectivity index (χ0) is 14.3. The van der Waals surface area contributed by atoms with E-state index in [1.807, 2.05) is 0 Å². The number of nitrogens with zero attached hydrogens (tertiary/aromatic N) is 1. The molecule has 1 amide bonds. The van der Waals surface area contributed by atoms with Crippen molar-refractivity contribution >= 4 is 34.5 Å². The first-order valence-corrected chi connectivity index (χ1v) is 7.26. The van der Waals surface area contributed by atoms with Gasteiger partial charge in [-0.3, -0.25) is 4.79 Å². The number of nitrogens with two attached hydrogens (primary N) is 1. The van der Waals surface area contributed by atoms with Gasteiger partial charge in [0, 0.05) is 17.7 Å². The van der Waals surface area contributed by atoms with Crippen molar-refractivity contribution in [3.05, 3.63) is 0 Å². The second kappa shape index (κ2) is 4.71. The predicted octanol–water partition coefficient (Wildman–Crippen LogP) is -0.963. The van der Waals surface area contributed by atoms with Gasteiger partial charge in [-0.2, -0.15) is 12.6 Å². The van der Waals surface area contributed by atoms with E-state index in [1.165, 1.54) is 0 Å². The number of hydrogen-bond donors (Lipinski definition) is 3. The van der Waals surface area contributed by atoms with Gasteiger partial charge in [-0.1, -0.05) is 0 Å². The van der Waals surface area contributed by atoms with Crippen molar-refractivity contribution < 1.29 is 23.1 Å². The van der Waals surface area contributed by atoms with Gasteiger partial charge in [0.05, 0.1) is 0 Å². The van der Waals surface area contributed by atoms with E-state index < -0.39 is 37.9 Å². The van der Waals surface area contributed by atoms with E-state index >= 15 is 0 Å². The summed E-state index contributed by atoms with van der Waals surface area (Å²) in [6.07, 6.45) is -0.285. The molecule has 1 aliphatic heterocycles. The molecule has 9 heteroatoms. The molecule has 0 aromatic heterocycles. The fraction of sp³-hybridized carbons (Fsp3) is 0.778. The number of carbonyl (C=O) groups is 2. The average Bonchev–Trinajstić information content (AvgIpc) is 2.44. The standard InChI is InChI=1S/C9H16N2O5S2/c1-9(2,17)7(8(13)14)11-4-5(3-6(11)12)18(10,15)16/h5,7,17H,3-4H2,1-2H3,(H,13,14)(H2,10,15,16)/t5?,7-/m1/s1. The highest BCUT2D eigenvalue weighted by molar-refractivity contribution is 7.89. The van der Waals surface area contributed by atoms with Crippen LogP contribution in [0.4, 0.5) is 0 Å². The lowest BCUT2D eigenvalue weighted by Crippen LogP contribution is -2.52. The molecular formula is C9H16N2O5S2. The molecule has 0 aromatic rings. The van der Waals surface area contributed by atoms with Crippen molar-refractivity contribution in [2.24, 2.45) is 5.14 Å². The third-order valence-electron chi connectivity index (χ3n) is 2.80. The fourth-order valence-electron chi connectivity index (χ4n) is 1.98. The smallest absolute Gasteiger partial charge is 0.327 e. The highest BCUT2D eigenvalue weighted by Crippen LogP contribution is 2.28. The monoisotopic (exact) mass is 296 g/mol. The lowest BCUT2D eigenvalue weighted by atomic mass is 10.0. The van der Waals surface area contributed by atoms with Crippen LogP contribution in [0.1, 0.15) is 20.3 Å². The number of thiol groups is 1. The molecule has 0 saturated carbocycles. The summed E-state index contributed by atoms with van der Waals surface area (Å²) in [7, 11) is -3.85. The van der Waals surface area contributed by atoms with Crippen molar-refractivity contribution in [1.29, 1.82) is 0 Å². The third kappa shape index (κ3) is 3.15. The summed E-state index contributed by atoms with van der Waals surface area (Å²) in [4.78, 5) is 24.0. The van der Waals surface area contributed by atoms with Crippen LogP contribution >= 0.6 is 12.6 Å². The molecule has 2 atom stereocenters. The van der Waals surface area contributed by atoms with Crippen molar-refractivity contribution in [3.63, 3.8) is 0 Å². The molecule has 1 saturated heterocycles. The summed E-state index contributed by atoms with van der Waals surface area (Å²) >= 11 is 4.15. The van der Waals surface area contributed by atoms with Gasteiger partial charge in [0.2, 0.25) is 15.9 Å². The molecule has 18 heavy (non-hydrogen) atoms. The first-order chi connectivity index (χ1) is 7.94. The van der Waals surface area contributed by atoms with Gasteiger partial charge in [0.15, 0.2) is 0 Å². The SMILES string of the molecule is CC(C)(S)[C@@H](C(=O)O)N1CC(S(N)(=O)=O)CC1=O. The van der Waals surface area contributed by atoms with Gasteiger partial charge in [-0.25, -0.2) is 18.4 Å². The van der Waals surface area contributed by atoms with Crippen LogP contribution in [-0.4, -0.2) is 52.9 Å². The Morgan fingerprint density at radius 3 is 2.39 bits per heavy atom. The molecule has 1 rings (SSSR count). The molecule has 1 heterocycles. The normalized spacial score (nSPS) is 23.2. The Morgan fingerprint density at radius 1 is 1.61 bits per heavy atom. The van der Waals surface area contributed by atoms with Crippen LogP contribution in [0.2, 0.25) is 0 Å². The first-order valence-electron chi connectivity index (χ1n) is 5.21. The molecule has 0 spiro atoms. The Kier molecular flexibility index (Phi) is 3.99. The zero-order valence-corrected chi connectivity index (χ0v) is 11.7. The van der Waals surface area contributed by atoms with Crippen LogP contribution in [0.5, 0.6) is 0 Å². The van der Waals surface area contributed by atoms with Crippen LogP contribution in [0.25, 0.3) is 0 Å². The molecule has 7 nitrogen and oxygen atoms in total. The maximum atomic E-state index is 11.7. The molecule has 3 N–H and O–H groups in total. The topological polar surface area (TPSA) is 118 Å². The van der Waals surface area contributed by atoms with Gasteiger partial charge in [-0.15, -0.1) is 0 Å². The molecule has 104 valence electrons. The van der Waals surface area contributed by atoms with Crippen LogP contribution < -0.4 is 5.14 Å². The van der Waals surface area contributed by atoms with E-state index in [9.17, 15) is 18.0 Å². The average molecular weight is 296 g/mol. The van der Waals surface area contributed by atoms with E-state index in [1.54, 1.807) is 13.8 Å². The first kappa shape index (κ1) is 15.3. The van der Waals surface area contributed by atoms with Crippen molar-refractivity contribution in [2.45, 2.75) is 36.3 Å². The molecule has 0 radical (unpaired) electrons. The minimum atomic E-state index is -3.85. The van der Waals surface area contributed by atoms with Gasteiger partial charge in [0.1, 0.15) is 11.3 Å². The van der Waals surface area contributed by atoms with E-state index in [4.69, 9.17) is 10.2 Å². The summed E-state index contributed by atoms with van der Waals surface area (Å²) in [5, 5.41) is 13.1. The number of carbonyl (C=O) groups excluding carboxylic acids is 1. The number of sulfonamides is 1. The fourth-order valence-corrected chi connectivity index (χ4v) is 2.98. The second-order valence-corrected chi connectivity index (χ2v) is 7.85. The summed E-state index contributed by atoms with van der Waals surface area (Å²) in [6.45, 7) is 2.89. The Balaban J connectivity index is 3.04. The van der Waals surface area contributed by atoms with Crippen LogP contribution in [0.15, 0.2) is 0 Å². The van der Waals surface area contributed by atoms with E-state index in [0.717, 1.165) is 4.90 Å². The Morgan fingerprint density at radius 2 is 2.11 bits per heavy atom. The van der Waals surface area contributed by atoms with Crippen molar-refractivity contribution in [1.82, 2.24) is 4.90 Å². The maximum Gasteiger partial charge on any atom is 0.327 e. The van der Waals surface area contributed by atoms with Crippen LogP contribution in [0.3, 0.4) is 0 Å². The van der Waals surface area contributed by atoms with Gasteiger partial charge in [-0.05, 0) is 13.8 Å². The highest BCUT2D eigenvalue weighted by Gasteiger charge is 2.46. The molecule has 0 aliphatic carbocycles. The molecule has 1 unspecified atom stereocenters. The number of aliphatic carboxylic acids is 1. The molecular weight excluding hydrogens is 280 g/mol. The number of likely N-dealkylation sites (tertiary alicyclic amines) is 1. The number of carboxylic acid groups (broad SMARTS) is 1. The Bertz CT molecular complexity index is 468. The minimum absolute atomic E-state index is 0.210. The minimum Gasteiger partial charge on any atom is -0.480 e. The number of amides is 1.